The van der Waals surface area contributed by atoms with E-state index in [1.165, 1.54) is 29.7 Å². The summed E-state index contributed by atoms with van der Waals surface area (Å²) in [6.07, 6.45) is 3.32. The smallest absolute Gasteiger partial charge is 0.343 e. The molecule has 0 atom stereocenters. The van der Waals surface area contributed by atoms with E-state index in [0.29, 0.717) is 29.2 Å². The van der Waals surface area contributed by atoms with E-state index in [-0.39, 0.29) is 12.2 Å². The number of nitrogens with zero attached hydrogens (tertiary/aromatic N) is 5. The number of anilines is 2. The number of thioether (sulfide) groups is 2. The molecule has 1 N–H and O–H groups in total. The molecule has 0 bridgehead atoms. The number of aromatic nitrogens is 5. The maximum atomic E-state index is 12.3. The maximum absolute atomic E-state index is 12.3. The van der Waals surface area contributed by atoms with Gasteiger partial charge in [0.2, 0.25) is 5.95 Å². The summed E-state index contributed by atoms with van der Waals surface area (Å²) in [4.78, 5) is 20.9. The molecule has 11 heteroatoms. The summed E-state index contributed by atoms with van der Waals surface area (Å²) in [5.74, 6) is 0.979. The monoisotopic (exact) mass is 464 g/mol. The predicted octanol–water partition coefficient (Wildman–Crippen LogP) is 4.68. The SMILES string of the molecule is CCOC(=O)c1cnc(SC)nc1Nc1nnc(SCc2ccccc2Cl)n1CC. The minimum absolute atomic E-state index is 0.241. The van der Waals surface area contributed by atoms with Crippen LogP contribution in [0.15, 0.2) is 40.8 Å². The highest BCUT2D eigenvalue weighted by atomic mass is 35.5. The Morgan fingerprint density at radius 2 is 2.07 bits per heavy atom. The minimum atomic E-state index is -0.497. The van der Waals surface area contributed by atoms with Crippen LogP contribution in [0.1, 0.15) is 29.8 Å². The van der Waals surface area contributed by atoms with E-state index in [1.807, 2.05) is 42.0 Å². The summed E-state index contributed by atoms with van der Waals surface area (Å²) < 4.78 is 7.03. The molecule has 2 aromatic heterocycles. The maximum Gasteiger partial charge on any atom is 0.343 e. The number of hydrogen-bond donors (Lipinski definition) is 1. The molecule has 0 fully saturated rings. The third-order valence-electron chi connectivity index (χ3n) is 4.02. The first-order chi connectivity index (χ1) is 14.6. The van der Waals surface area contributed by atoms with E-state index in [0.717, 1.165) is 15.7 Å². The molecule has 30 heavy (non-hydrogen) atoms. The Morgan fingerprint density at radius 1 is 1.27 bits per heavy atom. The van der Waals surface area contributed by atoms with Gasteiger partial charge in [-0.15, -0.1) is 10.2 Å². The van der Waals surface area contributed by atoms with Gasteiger partial charge in [0.15, 0.2) is 16.1 Å². The molecule has 0 radical (unpaired) electrons. The molecule has 3 rings (SSSR count). The van der Waals surface area contributed by atoms with Gasteiger partial charge < -0.3 is 10.1 Å². The Hall–Kier alpha value is -2.30. The Balaban J connectivity index is 1.85. The summed E-state index contributed by atoms with van der Waals surface area (Å²) in [5.41, 5.74) is 1.26. The van der Waals surface area contributed by atoms with Gasteiger partial charge in [-0.2, -0.15) is 0 Å². The molecule has 0 aliphatic heterocycles. The lowest BCUT2D eigenvalue weighted by atomic mass is 10.2. The van der Waals surface area contributed by atoms with E-state index in [4.69, 9.17) is 16.3 Å². The number of carbonyl (C=O) groups is 1. The average Bonchev–Trinajstić information content (AvgIpc) is 3.14. The van der Waals surface area contributed by atoms with Crippen LogP contribution in [-0.2, 0) is 17.0 Å². The van der Waals surface area contributed by atoms with Crippen molar-refractivity contribution in [3.05, 3.63) is 46.6 Å². The Kier molecular flexibility index (Phi) is 7.94. The molecule has 0 spiro atoms. The third kappa shape index (κ3) is 5.24. The van der Waals surface area contributed by atoms with Crippen LogP contribution in [0.25, 0.3) is 0 Å². The van der Waals surface area contributed by atoms with Gasteiger partial charge in [-0.1, -0.05) is 53.3 Å². The van der Waals surface area contributed by atoms with Crippen molar-refractivity contribution in [1.82, 2.24) is 24.7 Å². The van der Waals surface area contributed by atoms with Crippen molar-refractivity contribution >= 4 is 52.9 Å². The van der Waals surface area contributed by atoms with E-state index < -0.39 is 5.97 Å². The Morgan fingerprint density at radius 3 is 2.77 bits per heavy atom. The van der Waals surface area contributed by atoms with Crippen molar-refractivity contribution in [3.8, 4) is 0 Å². The van der Waals surface area contributed by atoms with Crippen molar-refractivity contribution < 1.29 is 9.53 Å². The van der Waals surface area contributed by atoms with Crippen LogP contribution in [0.5, 0.6) is 0 Å². The molecule has 3 aromatic rings. The highest BCUT2D eigenvalue weighted by Crippen LogP contribution is 2.28. The van der Waals surface area contributed by atoms with Crippen molar-refractivity contribution in [2.24, 2.45) is 0 Å². The van der Waals surface area contributed by atoms with Crippen LogP contribution in [0.4, 0.5) is 11.8 Å². The third-order valence-corrected chi connectivity index (χ3v) is 5.97. The second-order valence-electron chi connectivity index (χ2n) is 5.89. The zero-order chi connectivity index (χ0) is 21.5. The molecule has 0 unspecified atom stereocenters. The topological polar surface area (TPSA) is 94.8 Å². The molecule has 158 valence electrons. The molecular weight excluding hydrogens is 444 g/mol. The van der Waals surface area contributed by atoms with Gasteiger partial charge >= 0.3 is 5.97 Å². The number of benzene rings is 1. The second kappa shape index (κ2) is 10.6. The van der Waals surface area contributed by atoms with Crippen LogP contribution in [0.3, 0.4) is 0 Å². The fourth-order valence-corrected chi connectivity index (χ4v) is 4.18. The van der Waals surface area contributed by atoms with Crippen molar-refractivity contribution in [2.45, 2.75) is 36.5 Å². The number of esters is 1. The molecule has 0 aliphatic rings. The minimum Gasteiger partial charge on any atom is -0.462 e. The van der Waals surface area contributed by atoms with Crippen LogP contribution < -0.4 is 5.32 Å². The number of ether oxygens (including phenoxy) is 1. The van der Waals surface area contributed by atoms with Gasteiger partial charge in [0, 0.05) is 23.5 Å². The van der Waals surface area contributed by atoms with Gasteiger partial charge in [-0.25, -0.2) is 14.8 Å². The predicted molar refractivity (Wildman–Crippen MR) is 120 cm³/mol. The zero-order valence-electron chi connectivity index (χ0n) is 16.8. The fourth-order valence-electron chi connectivity index (χ4n) is 2.55. The van der Waals surface area contributed by atoms with E-state index in [9.17, 15) is 4.79 Å². The Labute approximate surface area is 188 Å². The number of rotatable bonds is 9. The van der Waals surface area contributed by atoms with Gasteiger partial charge in [0.1, 0.15) is 5.56 Å². The number of carbonyl (C=O) groups excluding carboxylic acids is 1. The quantitative estimate of drug-likeness (QED) is 0.275. The normalized spacial score (nSPS) is 10.8. The second-order valence-corrected chi connectivity index (χ2v) is 8.02. The molecule has 1 aromatic carbocycles. The largest absolute Gasteiger partial charge is 0.462 e. The van der Waals surface area contributed by atoms with Gasteiger partial charge in [0.05, 0.1) is 6.61 Å². The first-order valence-corrected chi connectivity index (χ1v) is 11.8. The van der Waals surface area contributed by atoms with Gasteiger partial charge in [-0.3, -0.25) is 4.57 Å². The van der Waals surface area contributed by atoms with Crippen LogP contribution in [0, 0.1) is 0 Å². The molecule has 0 amide bonds. The fraction of sp³-hybridized carbons (Fsp3) is 0.316. The number of halogens is 1. The highest BCUT2D eigenvalue weighted by Gasteiger charge is 2.19. The first kappa shape index (κ1) is 22.4. The van der Waals surface area contributed by atoms with E-state index >= 15 is 0 Å². The highest BCUT2D eigenvalue weighted by molar-refractivity contribution is 7.98. The van der Waals surface area contributed by atoms with Gasteiger partial charge in [-0.05, 0) is 31.7 Å². The summed E-state index contributed by atoms with van der Waals surface area (Å²) in [6, 6.07) is 7.70. The molecule has 0 aliphatic carbocycles. The van der Waals surface area contributed by atoms with Crippen LogP contribution in [-0.4, -0.2) is 43.6 Å². The Bertz CT molecular complexity index is 1030. The molecule has 0 saturated heterocycles. The molecule has 8 nitrogen and oxygen atoms in total. The number of nitrogens with one attached hydrogen (secondary N) is 1. The lowest BCUT2D eigenvalue weighted by Crippen LogP contribution is -2.12. The lowest BCUT2D eigenvalue weighted by molar-refractivity contribution is 0.0526. The van der Waals surface area contributed by atoms with E-state index in [2.05, 4.69) is 25.5 Å². The van der Waals surface area contributed by atoms with Crippen molar-refractivity contribution in [2.75, 3.05) is 18.2 Å². The van der Waals surface area contributed by atoms with Crippen molar-refractivity contribution in [3.63, 3.8) is 0 Å². The molecule has 0 saturated carbocycles. The molecule has 2 heterocycles. The number of hydrogen-bond acceptors (Lipinski definition) is 9. The van der Waals surface area contributed by atoms with Gasteiger partial charge in [0.25, 0.3) is 0 Å². The molecular formula is C19H21ClN6O2S2. The van der Waals surface area contributed by atoms with E-state index in [1.54, 1.807) is 6.92 Å². The first-order valence-electron chi connectivity index (χ1n) is 9.21. The lowest BCUT2D eigenvalue weighted by Gasteiger charge is -2.12. The van der Waals surface area contributed by atoms with Crippen molar-refractivity contribution in [1.29, 1.82) is 0 Å². The van der Waals surface area contributed by atoms with Crippen LogP contribution in [0.2, 0.25) is 5.02 Å². The average molecular weight is 465 g/mol. The summed E-state index contributed by atoms with van der Waals surface area (Å²) in [7, 11) is 0. The zero-order valence-corrected chi connectivity index (χ0v) is 19.1. The summed E-state index contributed by atoms with van der Waals surface area (Å²) >= 11 is 9.16. The van der Waals surface area contributed by atoms with Crippen LogP contribution >= 0.6 is 35.1 Å². The summed E-state index contributed by atoms with van der Waals surface area (Å²) in [5, 5.41) is 13.6. The standard InChI is InChI=1S/C19H21ClN6O2S2/c1-4-26-17(24-25-19(26)30-11-12-8-6-7-9-14(12)20)22-15-13(16(27)28-5-2)10-21-18(23-15)29-3/h6-10H,4-5,11H2,1-3H3,(H,21,22,23,24). The summed E-state index contributed by atoms with van der Waals surface area (Å²) in [6.45, 7) is 4.64.